The Morgan fingerprint density at radius 2 is 1.73 bits per heavy atom. The number of H-pyrrole nitrogens is 1. The lowest BCUT2D eigenvalue weighted by Crippen LogP contribution is -1.90. The second kappa shape index (κ2) is 5.11. The third-order valence-corrected chi connectivity index (χ3v) is 3.90. The van der Waals surface area contributed by atoms with E-state index in [4.69, 9.17) is 4.98 Å². The van der Waals surface area contributed by atoms with Crippen LogP contribution in [0.5, 0.6) is 0 Å². The van der Waals surface area contributed by atoms with Gasteiger partial charge in [-0.25, -0.2) is 4.98 Å². The largest absolute Gasteiger partial charge is 0.278 e. The van der Waals surface area contributed by atoms with Crippen molar-refractivity contribution in [3.05, 3.63) is 72.4 Å². The van der Waals surface area contributed by atoms with E-state index in [9.17, 15) is 0 Å². The second-order valence-corrected chi connectivity index (χ2v) is 5.39. The molecule has 3 nitrogen and oxygen atoms in total. The minimum atomic E-state index is 1.01. The van der Waals surface area contributed by atoms with Gasteiger partial charge < -0.3 is 0 Å². The van der Waals surface area contributed by atoms with Crippen LogP contribution in [0.2, 0.25) is 0 Å². The van der Waals surface area contributed by atoms with E-state index < -0.39 is 0 Å². The Morgan fingerprint density at radius 3 is 2.50 bits per heavy atom. The van der Waals surface area contributed by atoms with Gasteiger partial charge in [-0.05, 0) is 30.7 Å². The molecule has 0 fully saturated rings. The fourth-order valence-corrected chi connectivity index (χ4v) is 2.74. The minimum absolute atomic E-state index is 1.01. The first kappa shape index (κ1) is 12.8. The quantitative estimate of drug-likeness (QED) is 0.584. The molecule has 4 rings (SSSR count). The van der Waals surface area contributed by atoms with E-state index in [1.165, 1.54) is 10.9 Å². The van der Waals surface area contributed by atoms with Crippen LogP contribution >= 0.6 is 0 Å². The van der Waals surface area contributed by atoms with Gasteiger partial charge in [-0.2, -0.15) is 5.10 Å². The van der Waals surface area contributed by atoms with Gasteiger partial charge in [-0.3, -0.25) is 5.10 Å². The molecule has 0 saturated heterocycles. The molecular weight excluding hydrogens is 270 g/mol. The Bertz CT molecular complexity index is 926. The van der Waals surface area contributed by atoms with Gasteiger partial charge in [0.25, 0.3) is 0 Å². The lowest BCUT2D eigenvalue weighted by atomic mass is 10.0. The molecule has 0 radical (unpaired) electrons. The van der Waals surface area contributed by atoms with Crippen LogP contribution in [0.1, 0.15) is 5.56 Å². The zero-order valence-electron chi connectivity index (χ0n) is 12.2. The Kier molecular flexibility index (Phi) is 2.97. The molecule has 2 aromatic heterocycles. The Hall–Kier alpha value is -2.94. The predicted molar refractivity (Wildman–Crippen MR) is 89.5 cm³/mol. The summed E-state index contributed by atoms with van der Waals surface area (Å²) in [4.78, 5) is 4.84. The van der Waals surface area contributed by atoms with Crippen molar-refractivity contribution in [2.75, 3.05) is 0 Å². The van der Waals surface area contributed by atoms with E-state index >= 15 is 0 Å². The van der Waals surface area contributed by atoms with Crippen LogP contribution in [-0.2, 0) is 0 Å². The van der Waals surface area contributed by atoms with Crippen LogP contribution in [0.25, 0.3) is 33.4 Å². The first-order valence-electron chi connectivity index (χ1n) is 7.28. The number of aryl methyl sites for hydroxylation is 1. The van der Waals surface area contributed by atoms with Crippen LogP contribution in [0.15, 0.2) is 66.9 Å². The van der Waals surface area contributed by atoms with Gasteiger partial charge in [-0.1, -0.05) is 42.5 Å². The highest BCUT2D eigenvalue weighted by Gasteiger charge is 2.07. The first-order chi connectivity index (χ1) is 10.8. The van der Waals surface area contributed by atoms with Gasteiger partial charge in [0.1, 0.15) is 0 Å². The number of pyridine rings is 1. The average molecular weight is 285 g/mol. The molecule has 3 heteroatoms. The van der Waals surface area contributed by atoms with Crippen molar-refractivity contribution in [1.82, 2.24) is 15.2 Å². The summed E-state index contributed by atoms with van der Waals surface area (Å²) in [5, 5.41) is 8.20. The van der Waals surface area contributed by atoms with E-state index in [1.54, 1.807) is 6.20 Å². The molecule has 0 saturated carbocycles. The van der Waals surface area contributed by atoms with Crippen LogP contribution < -0.4 is 0 Å². The fourth-order valence-electron chi connectivity index (χ4n) is 2.74. The molecule has 2 aromatic carbocycles. The summed E-state index contributed by atoms with van der Waals surface area (Å²) in [6.07, 6.45) is 1.76. The van der Waals surface area contributed by atoms with Gasteiger partial charge in [0.05, 0.1) is 16.9 Å². The molecule has 0 aliphatic rings. The lowest BCUT2D eigenvalue weighted by Gasteiger charge is -2.08. The van der Waals surface area contributed by atoms with E-state index in [-0.39, 0.29) is 0 Å². The highest BCUT2D eigenvalue weighted by molar-refractivity contribution is 5.88. The van der Waals surface area contributed by atoms with Crippen LogP contribution in [0.3, 0.4) is 0 Å². The molecule has 0 aliphatic carbocycles. The molecule has 4 aromatic rings. The smallest absolute Gasteiger partial charge is 0.0718 e. The molecule has 0 aliphatic heterocycles. The Balaban J connectivity index is 1.92. The van der Waals surface area contributed by atoms with Gasteiger partial charge in [0.15, 0.2) is 0 Å². The zero-order valence-corrected chi connectivity index (χ0v) is 12.2. The Morgan fingerprint density at radius 1 is 0.864 bits per heavy atom. The number of rotatable bonds is 2. The maximum atomic E-state index is 4.84. The number of aromatic nitrogens is 3. The van der Waals surface area contributed by atoms with Crippen LogP contribution in [-0.4, -0.2) is 15.2 Å². The third-order valence-electron chi connectivity index (χ3n) is 3.90. The molecule has 2 heterocycles. The van der Waals surface area contributed by atoms with Gasteiger partial charge in [0, 0.05) is 22.7 Å². The number of nitrogens with zero attached hydrogens (tertiary/aromatic N) is 2. The maximum Gasteiger partial charge on any atom is 0.0718 e. The number of aromatic amines is 1. The summed E-state index contributed by atoms with van der Waals surface area (Å²) in [6.45, 7) is 2.13. The highest BCUT2D eigenvalue weighted by atomic mass is 15.1. The fraction of sp³-hybridized carbons (Fsp3) is 0.0526. The van der Waals surface area contributed by atoms with E-state index in [2.05, 4.69) is 53.5 Å². The molecular formula is C19H15N3. The van der Waals surface area contributed by atoms with Gasteiger partial charge >= 0.3 is 0 Å². The molecule has 106 valence electrons. The summed E-state index contributed by atoms with van der Waals surface area (Å²) >= 11 is 0. The summed E-state index contributed by atoms with van der Waals surface area (Å²) in [6, 6.07) is 20.7. The van der Waals surface area contributed by atoms with Crippen LogP contribution in [0.4, 0.5) is 0 Å². The Labute approximate surface area is 128 Å². The molecule has 22 heavy (non-hydrogen) atoms. The molecule has 0 spiro atoms. The van der Waals surface area contributed by atoms with Crippen molar-refractivity contribution in [2.45, 2.75) is 6.92 Å². The molecule has 0 unspecified atom stereocenters. The van der Waals surface area contributed by atoms with Gasteiger partial charge in [-0.15, -0.1) is 0 Å². The number of hydrogen-bond donors (Lipinski definition) is 1. The number of benzene rings is 2. The number of nitrogens with one attached hydrogen (secondary N) is 1. The van der Waals surface area contributed by atoms with Crippen molar-refractivity contribution >= 4 is 10.9 Å². The van der Waals surface area contributed by atoms with Crippen molar-refractivity contribution in [3.8, 4) is 22.5 Å². The van der Waals surface area contributed by atoms with Crippen molar-refractivity contribution < 1.29 is 0 Å². The summed E-state index contributed by atoms with van der Waals surface area (Å²) in [5.74, 6) is 0. The summed E-state index contributed by atoms with van der Waals surface area (Å²) in [5.41, 5.74) is 6.49. The monoisotopic (exact) mass is 285 g/mol. The van der Waals surface area contributed by atoms with Crippen molar-refractivity contribution in [2.24, 2.45) is 0 Å². The van der Waals surface area contributed by atoms with Gasteiger partial charge in [0.2, 0.25) is 0 Å². The molecule has 1 N–H and O–H groups in total. The third kappa shape index (κ3) is 2.17. The van der Waals surface area contributed by atoms with E-state index in [0.29, 0.717) is 0 Å². The lowest BCUT2D eigenvalue weighted by molar-refractivity contribution is 1.10. The predicted octanol–water partition coefficient (Wildman–Crippen LogP) is 4.60. The summed E-state index contributed by atoms with van der Waals surface area (Å²) < 4.78 is 0. The normalized spacial score (nSPS) is 11.0. The van der Waals surface area contributed by atoms with Crippen molar-refractivity contribution in [3.63, 3.8) is 0 Å². The molecule has 0 amide bonds. The minimum Gasteiger partial charge on any atom is -0.278 e. The van der Waals surface area contributed by atoms with E-state index in [0.717, 1.165) is 28.0 Å². The molecule has 0 atom stereocenters. The van der Waals surface area contributed by atoms with E-state index in [1.807, 2.05) is 24.3 Å². The highest BCUT2D eigenvalue weighted by Crippen LogP contribution is 2.27. The first-order valence-corrected chi connectivity index (χ1v) is 7.28. The number of hydrogen-bond acceptors (Lipinski definition) is 2. The standard InChI is InChI=1S/C19H15N3/c1-13-11-18(14-5-3-2-4-6-14)21-19-12-15(7-8-16(13)19)17-9-10-20-22-17/h2-12H,1H3,(H,20,22). The zero-order chi connectivity index (χ0) is 14.9. The second-order valence-electron chi connectivity index (χ2n) is 5.39. The SMILES string of the molecule is Cc1cc(-c2ccccc2)nc2cc(-c3ccn[nH]3)ccc12. The summed E-state index contributed by atoms with van der Waals surface area (Å²) in [7, 11) is 0. The average Bonchev–Trinajstić information content (AvgIpc) is 3.09. The van der Waals surface area contributed by atoms with Crippen molar-refractivity contribution in [1.29, 1.82) is 0 Å². The molecule has 0 bridgehead atoms. The topological polar surface area (TPSA) is 41.6 Å². The maximum absolute atomic E-state index is 4.84. The number of fused-ring (bicyclic) bond motifs is 1. The van der Waals surface area contributed by atoms with Crippen LogP contribution in [0, 0.1) is 6.92 Å².